The zero-order valence-electron chi connectivity index (χ0n) is 12.0. The fourth-order valence-electron chi connectivity index (χ4n) is 1.93. The van der Waals surface area contributed by atoms with Gasteiger partial charge in [-0.05, 0) is 18.3 Å². The Morgan fingerprint density at radius 3 is 3.00 bits per heavy atom. The zero-order valence-corrected chi connectivity index (χ0v) is 12.8. The number of nitrogens with zero attached hydrogens (tertiary/aromatic N) is 2. The van der Waals surface area contributed by atoms with Crippen molar-refractivity contribution < 1.29 is 14.3 Å². The number of hydrogen-bond donors (Lipinski definition) is 2. The van der Waals surface area contributed by atoms with Crippen LogP contribution in [-0.4, -0.2) is 47.8 Å². The fraction of sp³-hybridized carbons (Fsp3) is 0.462. The number of nitrogens with one attached hydrogen (secondary N) is 2. The minimum Gasteiger partial charge on any atom is -0.481 e. The number of pyridine rings is 1. The van der Waals surface area contributed by atoms with Crippen molar-refractivity contribution in [1.82, 2.24) is 19.9 Å². The van der Waals surface area contributed by atoms with Crippen molar-refractivity contribution in [3.8, 4) is 5.88 Å². The topological polar surface area (TPSA) is 81.2 Å². The van der Waals surface area contributed by atoms with Gasteiger partial charge in [0.25, 0.3) is 0 Å². The van der Waals surface area contributed by atoms with Crippen molar-refractivity contribution in [2.45, 2.75) is 13.0 Å². The molecule has 8 heteroatoms. The minimum atomic E-state index is -0.0498. The van der Waals surface area contributed by atoms with Gasteiger partial charge in [-0.25, -0.2) is 0 Å². The molecule has 1 amide bonds. The van der Waals surface area contributed by atoms with Crippen LogP contribution in [0.3, 0.4) is 0 Å². The normalized spacial score (nSPS) is 10.8. The lowest BCUT2D eigenvalue weighted by molar-refractivity contribution is -0.121. The SMILES string of the molecule is COCCNC(=O)CCn1c(=S)[nH]c2ccc(OC)nc21. The highest BCUT2D eigenvalue weighted by molar-refractivity contribution is 7.71. The molecule has 2 heterocycles. The van der Waals surface area contributed by atoms with Gasteiger partial charge < -0.3 is 24.3 Å². The summed E-state index contributed by atoms with van der Waals surface area (Å²) < 4.78 is 12.3. The predicted molar refractivity (Wildman–Crippen MR) is 81.0 cm³/mol. The number of fused-ring (bicyclic) bond motifs is 1. The molecule has 0 radical (unpaired) electrons. The molecule has 0 spiro atoms. The number of aryl methyl sites for hydroxylation is 1. The average molecular weight is 310 g/mol. The summed E-state index contributed by atoms with van der Waals surface area (Å²) in [5.74, 6) is 0.459. The lowest BCUT2D eigenvalue weighted by atomic mass is 10.3. The predicted octanol–water partition coefficient (Wildman–Crippen LogP) is 1.26. The first-order valence-electron chi connectivity index (χ1n) is 6.55. The van der Waals surface area contributed by atoms with E-state index in [0.717, 1.165) is 5.52 Å². The van der Waals surface area contributed by atoms with Crippen LogP contribution in [0.25, 0.3) is 11.2 Å². The number of aromatic nitrogens is 3. The van der Waals surface area contributed by atoms with Crippen molar-refractivity contribution >= 4 is 29.3 Å². The number of ether oxygens (including phenoxy) is 2. The molecular formula is C13H18N4O3S. The fourth-order valence-corrected chi connectivity index (χ4v) is 2.22. The Morgan fingerprint density at radius 2 is 2.29 bits per heavy atom. The van der Waals surface area contributed by atoms with Gasteiger partial charge in [0.15, 0.2) is 10.4 Å². The quantitative estimate of drug-likeness (QED) is 0.594. The second kappa shape index (κ2) is 7.19. The number of rotatable bonds is 7. The number of methoxy groups -OCH3 is 2. The molecule has 114 valence electrons. The third kappa shape index (κ3) is 3.79. The Hall–Kier alpha value is -1.93. The molecule has 2 N–H and O–H groups in total. The summed E-state index contributed by atoms with van der Waals surface area (Å²) in [6.07, 6.45) is 0.323. The van der Waals surface area contributed by atoms with Gasteiger partial charge in [0, 0.05) is 32.7 Å². The van der Waals surface area contributed by atoms with Crippen LogP contribution >= 0.6 is 12.2 Å². The standard InChI is InChI=1S/C13H18N4O3S/c1-19-8-6-14-10(18)5-7-17-12-9(15-13(17)21)3-4-11(16-12)20-2/h3-4H,5-8H2,1-2H3,(H,14,18)(H,15,21). The van der Waals surface area contributed by atoms with Crippen molar-refractivity contribution in [2.24, 2.45) is 0 Å². The number of hydrogen-bond acceptors (Lipinski definition) is 5. The molecule has 2 aromatic heterocycles. The van der Waals surface area contributed by atoms with Crippen LogP contribution in [0.2, 0.25) is 0 Å². The van der Waals surface area contributed by atoms with E-state index < -0.39 is 0 Å². The Labute approximate surface area is 127 Å². The minimum absolute atomic E-state index is 0.0498. The third-order valence-corrected chi connectivity index (χ3v) is 3.31. The van der Waals surface area contributed by atoms with Gasteiger partial charge in [0.05, 0.1) is 19.2 Å². The molecule has 0 aliphatic heterocycles. The van der Waals surface area contributed by atoms with Crippen LogP contribution in [0.4, 0.5) is 0 Å². The first kappa shape index (κ1) is 15.5. The second-order valence-corrected chi connectivity index (χ2v) is 4.79. The molecule has 0 aromatic carbocycles. The Bertz CT molecular complexity index is 680. The lowest BCUT2D eigenvalue weighted by Crippen LogP contribution is -2.27. The average Bonchev–Trinajstić information content (AvgIpc) is 2.80. The molecule has 2 aromatic rings. The van der Waals surface area contributed by atoms with Crippen LogP contribution in [0.15, 0.2) is 12.1 Å². The molecule has 0 bridgehead atoms. The maximum atomic E-state index is 11.7. The third-order valence-electron chi connectivity index (χ3n) is 2.99. The number of carbonyl (C=O) groups is 1. The largest absolute Gasteiger partial charge is 0.481 e. The molecule has 7 nitrogen and oxygen atoms in total. The maximum Gasteiger partial charge on any atom is 0.221 e. The van der Waals surface area contributed by atoms with Gasteiger partial charge in [-0.2, -0.15) is 4.98 Å². The summed E-state index contributed by atoms with van der Waals surface area (Å²) in [6.45, 7) is 1.45. The Kier molecular flexibility index (Phi) is 5.29. The van der Waals surface area contributed by atoms with E-state index >= 15 is 0 Å². The number of aromatic amines is 1. The van der Waals surface area contributed by atoms with Crippen molar-refractivity contribution in [3.05, 3.63) is 16.9 Å². The van der Waals surface area contributed by atoms with Crippen LogP contribution in [-0.2, 0) is 16.1 Å². The van der Waals surface area contributed by atoms with Gasteiger partial charge in [-0.3, -0.25) is 4.79 Å². The monoisotopic (exact) mass is 310 g/mol. The lowest BCUT2D eigenvalue weighted by Gasteiger charge is -2.06. The highest BCUT2D eigenvalue weighted by Crippen LogP contribution is 2.16. The van der Waals surface area contributed by atoms with Crippen molar-refractivity contribution in [3.63, 3.8) is 0 Å². The molecule has 0 atom stereocenters. The molecule has 21 heavy (non-hydrogen) atoms. The molecular weight excluding hydrogens is 292 g/mol. The van der Waals surface area contributed by atoms with E-state index in [-0.39, 0.29) is 5.91 Å². The van der Waals surface area contributed by atoms with E-state index in [2.05, 4.69) is 15.3 Å². The molecule has 0 saturated heterocycles. The van der Waals surface area contributed by atoms with E-state index in [1.54, 1.807) is 24.9 Å². The molecule has 0 aliphatic rings. The summed E-state index contributed by atoms with van der Waals surface area (Å²) in [6, 6.07) is 3.61. The first-order chi connectivity index (χ1) is 10.2. The van der Waals surface area contributed by atoms with Gasteiger partial charge in [0.2, 0.25) is 11.8 Å². The second-order valence-electron chi connectivity index (χ2n) is 4.40. The summed E-state index contributed by atoms with van der Waals surface area (Å²) in [5, 5.41) is 2.77. The molecule has 0 fully saturated rings. The van der Waals surface area contributed by atoms with Crippen LogP contribution in [0, 0.1) is 4.77 Å². The zero-order chi connectivity index (χ0) is 15.2. The van der Waals surface area contributed by atoms with Gasteiger partial charge in [-0.15, -0.1) is 0 Å². The van der Waals surface area contributed by atoms with Gasteiger partial charge in [0.1, 0.15) is 0 Å². The van der Waals surface area contributed by atoms with E-state index in [1.807, 2.05) is 6.07 Å². The highest BCUT2D eigenvalue weighted by atomic mass is 32.1. The molecule has 2 rings (SSSR count). The van der Waals surface area contributed by atoms with E-state index in [9.17, 15) is 4.79 Å². The number of H-pyrrole nitrogens is 1. The molecule has 0 aliphatic carbocycles. The van der Waals surface area contributed by atoms with Crippen molar-refractivity contribution in [1.29, 1.82) is 0 Å². The van der Waals surface area contributed by atoms with Crippen LogP contribution < -0.4 is 10.1 Å². The van der Waals surface area contributed by atoms with E-state index in [1.165, 1.54) is 0 Å². The van der Waals surface area contributed by atoms with Crippen LogP contribution in [0.5, 0.6) is 5.88 Å². The summed E-state index contributed by atoms with van der Waals surface area (Å²) >= 11 is 5.27. The maximum absolute atomic E-state index is 11.7. The van der Waals surface area contributed by atoms with Gasteiger partial charge >= 0.3 is 0 Å². The van der Waals surface area contributed by atoms with Crippen LogP contribution in [0.1, 0.15) is 6.42 Å². The number of amides is 1. The van der Waals surface area contributed by atoms with Gasteiger partial charge in [-0.1, -0.05) is 0 Å². The summed E-state index contributed by atoms with van der Waals surface area (Å²) in [7, 11) is 3.15. The number of carbonyl (C=O) groups excluding carboxylic acids is 1. The number of imidazole rings is 1. The van der Waals surface area contributed by atoms with E-state index in [4.69, 9.17) is 21.7 Å². The van der Waals surface area contributed by atoms with Crippen molar-refractivity contribution in [2.75, 3.05) is 27.4 Å². The highest BCUT2D eigenvalue weighted by Gasteiger charge is 2.09. The molecule has 0 saturated carbocycles. The van der Waals surface area contributed by atoms with E-state index in [0.29, 0.717) is 42.4 Å². The Morgan fingerprint density at radius 1 is 1.48 bits per heavy atom. The molecule has 0 unspecified atom stereocenters. The summed E-state index contributed by atoms with van der Waals surface area (Å²) in [4.78, 5) is 19.1. The Balaban J connectivity index is 2.09. The first-order valence-corrected chi connectivity index (χ1v) is 6.95. The summed E-state index contributed by atoms with van der Waals surface area (Å²) in [5.41, 5.74) is 1.50. The smallest absolute Gasteiger partial charge is 0.221 e.